The van der Waals surface area contributed by atoms with Gasteiger partial charge in [-0.05, 0) is 45.6 Å². The van der Waals surface area contributed by atoms with E-state index >= 15 is 0 Å². The van der Waals surface area contributed by atoms with Gasteiger partial charge in [0.2, 0.25) is 0 Å². The molecule has 2 nitrogen and oxygen atoms in total. The fourth-order valence-electron chi connectivity index (χ4n) is 1.14. The summed E-state index contributed by atoms with van der Waals surface area (Å²) in [6.45, 7) is 4.25. The summed E-state index contributed by atoms with van der Waals surface area (Å²) in [4.78, 5) is 2.13. The lowest BCUT2D eigenvalue weighted by Crippen LogP contribution is -2.35. The van der Waals surface area contributed by atoms with E-state index in [1.165, 1.54) is 0 Å². The topological polar surface area (TPSA) is 23.5 Å². The van der Waals surface area contributed by atoms with Crippen molar-refractivity contribution in [1.29, 1.82) is 0 Å². The second-order valence-electron chi connectivity index (χ2n) is 4.00. The molecule has 0 aliphatic rings. The fourth-order valence-corrected chi connectivity index (χ4v) is 1.14. The summed E-state index contributed by atoms with van der Waals surface area (Å²) in [6.07, 6.45) is 0. The first kappa shape index (κ1) is 10.1. The van der Waals surface area contributed by atoms with Gasteiger partial charge < -0.3 is 10.0 Å². The van der Waals surface area contributed by atoms with E-state index in [1.807, 2.05) is 26.2 Å². The van der Waals surface area contributed by atoms with E-state index in [9.17, 15) is 5.11 Å². The Labute approximate surface area is 79.8 Å². The van der Waals surface area contributed by atoms with E-state index in [0.717, 1.165) is 5.56 Å². The molecular weight excluding hydrogens is 162 g/mol. The highest BCUT2D eigenvalue weighted by Gasteiger charge is 2.22. The van der Waals surface area contributed by atoms with Crippen molar-refractivity contribution in [2.24, 2.45) is 0 Å². The Kier molecular flexibility index (Phi) is 2.62. The Morgan fingerprint density at radius 2 is 1.85 bits per heavy atom. The van der Waals surface area contributed by atoms with Crippen LogP contribution in [0.4, 0.5) is 0 Å². The maximum Gasteiger partial charge on any atom is 0.115 e. The van der Waals surface area contributed by atoms with Crippen molar-refractivity contribution in [3.05, 3.63) is 29.8 Å². The molecule has 0 unspecified atom stereocenters. The highest BCUT2D eigenvalue weighted by Crippen LogP contribution is 2.27. The summed E-state index contributed by atoms with van der Waals surface area (Å²) in [5, 5.41) is 9.34. The van der Waals surface area contributed by atoms with Crippen LogP contribution in [0.2, 0.25) is 0 Å². The van der Waals surface area contributed by atoms with Gasteiger partial charge >= 0.3 is 0 Å². The van der Waals surface area contributed by atoms with Crippen LogP contribution < -0.4 is 0 Å². The largest absolute Gasteiger partial charge is 0.508 e. The Balaban J connectivity index is 3.07. The lowest BCUT2D eigenvalue weighted by atomic mass is 9.93. The second kappa shape index (κ2) is 3.38. The summed E-state index contributed by atoms with van der Waals surface area (Å²) >= 11 is 0. The monoisotopic (exact) mass is 179 g/mol. The molecule has 1 aromatic rings. The molecule has 1 rings (SSSR count). The predicted octanol–water partition coefficient (Wildman–Crippen LogP) is 2.19. The first-order chi connectivity index (χ1) is 5.94. The van der Waals surface area contributed by atoms with Crippen LogP contribution in [0.1, 0.15) is 19.4 Å². The van der Waals surface area contributed by atoms with Gasteiger partial charge in [-0.25, -0.2) is 0 Å². The van der Waals surface area contributed by atoms with Crippen molar-refractivity contribution in [1.82, 2.24) is 4.90 Å². The maximum atomic E-state index is 9.34. The Morgan fingerprint density at radius 1 is 1.23 bits per heavy atom. The highest BCUT2D eigenvalue weighted by molar-refractivity contribution is 5.31. The molecule has 13 heavy (non-hydrogen) atoms. The van der Waals surface area contributed by atoms with Gasteiger partial charge in [0.05, 0.1) is 0 Å². The first-order valence-electron chi connectivity index (χ1n) is 4.41. The van der Waals surface area contributed by atoms with Crippen molar-refractivity contribution < 1.29 is 5.11 Å². The summed E-state index contributed by atoms with van der Waals surface area (Å²) < 4.78 is 0. The molecule has 0 atom stereocenters. The number of rotatable bonds is 2. The molecule has 1 aromatic carbocycles. The van der Waals surface area contributed by atoms with Crippen LogP contribution in [0.5, 0.6) is 5.75 Å². The van der Waals surface area contributed by atoms with Crippen LogP contribution in [0.15, 0.2) is 24.3 Å². The van der Waals surface area contributed by atoms with Gasteiger partial charge in [-0.3, -0.25) is 0 Å². The van der Waals surface area contributed by atoms with Crippen molar-refractivity contribution in [2.45, 2.75) is 19.4 Å². The molecule has 2 heteroatoms. The maximum absolute atomic E-state index is 9.34. The summed E-state index contributed by atoms with van der Waals surface area (Å²) in [5.41, 5.74) is 1.08. The van der Waals surface area contributed by atoms with Gasteiger partial charge in [-0.1, -0.05) is 12.1 Å². The number of hydrogen-bond acceptors (Lipinski definition) is 2. The number of phenols is 1. The van der Waals surface area contributed by atoms with Crippen molar-refractivity contribution in [3.63, 3.8) is 0 Å². The third-order valence-electron chi connectivity index (χ3n) is 2.67. The number of phenolic OH excluding ortho intramolecular Hbond substituents is 1. The number of benzene rings is 1. The third-order valence-corrected chi connectivity index (χ3v) is 2.67. The minimum Gasteiger partial charge on any atom is -0.508 e. The number of aromatic hydroxyl groups is 1. The average molecular weight is 179 g/mol. The normalized spacial score (nSPS) is 12.1. The molecule has 0 amide bonds. The van der Waals surface area contributed by atoms with Crippen molar-refractivity contribution in [2.75, 3.05) is 14.1 Å². The van der Waals surface area contributed by atoms with Crippen molar-refractivity contribution >= 4 is 0 Å². The highest BCUT2D eigenvalue weighted by atomic mass is 16.3. The molecule has 0 aliphatic carbocycles. The van der Waals surface area contributed by atoms with Crippen LogP contribution >= 0.6 is 0 Å². The Hall–Kier alpha value is -1.02. The van der Waals surface area contributed by atoms with Crippen LogP contribution in [0.3, 0.4) is 0 Å². The first-order valence-corrected chi connectivity index (χ1v) is 4.41. The molecule has 0 spiro atoms. The molecule has 0 fully saturated rings. The molecule has 0 bridgehead atoms. The SMILES string of the molecule is CN(C)C(C)(C)c1cccc(O)c1. The van der Waals surface area contributed by atoms with Crippen LogP contribution in [0.25, 0.3) is 0 Å². The summed E-state index contributed by atoms with van der Waals surface area (Å²) in [6, 6.07) is 7.39. The lowest BCUT2D eigenvalue weighted by molar-refractivity contribution is 0.197. The third kappa shape index (κ3) is 2.01. The molecule has 0 heterocycles. The number of hydrogen-bond donors (Lipinski definition) is 1. The molecule has 1 N–H and O–H groups in total. The molecule has 72 valence electrons. The quantitative estimate of drug-likeness (QED) is 0.752. The molecule has 0 aliphatic heterocycles. The number of nitrogens with zero attached hydrogens (tertiary/aromatic N) is 1. The van der Waals surface area contributed by atoms with Gasteiger partial charge in [0.15, 0.2) is 0 Å². The second-order valence-corrected chi connectivity index (χ2v) is 4.00. The summed E-state index contributed by atoms with van der Waals surface area (Å²) in [7, 11) is 4.06. The molecule has 0 saturated heterocycles. The average Bonchev–Trinajstić information content (AvgIpc) is 2.04. The zero-order chi connectivity index (χ0) is 10.1. The molecule has 0 aromatic heterocycles. The van der Waals surface area contributed by atoms with E-state index in [0.29, 0.717) is 5.75 Å². The van der Waals surface area contributed by atoms with Crippen LogP contribution in [-0.4, -0.2) is 24.1 Å². The molecule has 0 saturated carbocycles. The molecular formula is C11H17NO. The van der Waals surface area contributed by atoms with Gasteiger partial charge in [0, 0.05) is 5.54 Å². The van der Waals surface area contributed by atoms with Gasteiger partial charge in [-0.15, -0.1) is 0 Å². The van der Waals surface area contributed by atoms with Gasteiger partial charge in [0.1, 0.15) is 5.75 Å². The van der Waals surface area contributed by atoms with Gasteiger partial charge in [0.25, 0.3) is 0 Å². The van der Waals surface area contributed by atoms with E-state index in [4.69, 9.17) is 0 Å². The molecule has 0 radical (unpaired) electrons. The Morgan fingerprint density at radius 3 is 2.31 bits per heavy atom. The van der Waals surface area contributed by atoms with E-state index < -0.39 is 0 Å². The van der Waals surface area contributed by atoms with E-state index in [2.05, 4.69) is 18.7 Å². The van der Waals surface area contributed by atoms with E-state index in [-0.39, 0.29) is 5.54 Å². The smallest absolute Gasteiger partial charge is 0.115 e. The standard InChI is InChI=1S/C11H17NO/c1-11(2,12(3)4)9-6-5-7-10(13)8-9/h5-8,13H,1-4H3. The minimum absolute atomic E-state index is 0.0429. The van der Waals surface area contributed by atoms with Gasteiger partial charge in [-0.2, -0.15) is 0 Å². The zero-order valence-corrected chi connectivity index (χ0v) is 8.70. The minimum atomic E-state index is -0.0429. The fraction of sp³-hybridized carbons (Fsp3) is 0.455. The summed E-state index contributed by atoms with van der Waals surface area (Å²) in [5.74, 6) is 0.326. The Bertz CT molecular complexity index is 292. The van der Waals surface area contributed by atoms with Crippen LogP contribution in [-0.2, 0) is 5.54 Å². The zero-order valence-electron chi connectivity index (χ0n) is 8.70. The van der Waals surface area contributed by atoms with Crippen LogP contribution in [0, 0.1) is 0 Å². The van der Waals surface area contributed by atoms with E-state index in [1.54, 1.807) is 12.1 Å². The van der Waals surface area contributed by atoms with Crippen molar-refractivity contribution in [3.8, 4) is 5.75 Å². The predicted molar refractivity (Wildman–Crippen MR) is 54.8 cm³/mol. The lowest BCUT2D eigenvalue weighted by Gasteiger charge is -2.33.